The molecule has 2 amide bonds. The van der Waals surface area contributed by atoms with E-state index < -0.39 is 22.3 Å². The Labute approximate surface area is 219 Å². The fourth-order valence-electron chi connectivity index (χ4n) is 4.47. The molecule has 0 bridgehead atoms. The Bertz CT molecular complexity index is 1450. The molecule has 0 aliphatic carbocycles. The summed E-state index contributed by atoms with van der Waals surface area (Å²) in [6.45, 7) is 1.40. The van der Waals surface area contributed by atoms with Gasteiger partial charge in [-0.25, -0.2) is 4.79 Å². The first-order chi connectivity index (χ1) is 17.8. The summed E-state index contributed by atoms with van der Waals surface area (Å²) >= 11 is 2.95. The zero-order chi connectivity index (χ0) is 26.3. The number of rotatable bonds is 7. The molecule has 12 heteroatoms. The number of non-ortho nitro benzene ring substituents is 1. The van der Waals surface area contributed by atoms with Crippen molar-refractivity contribution in [3.63, 3.8) is 0 Å². The van der Waals surface area contributed by atoms with Crippen molar-refractivity contribution in [3.05, 3.63) is 80.9 Å². The summed E-state index contributed by atoms with van der Waals surface area (Å²) in [6, 6.07) is 12.5. The SMILES string of the molecule is CC1=C(C(=O)OCc2ccc([N+](=O)[O-])cc2)N2C(=O)C(N(C(=O)CN)c3csc4ccccc34)[C@@H]2SC1. The van der Waals surface area contributed by atoms with E-state index in [0.717, 1.165) is 10.1 Å². The predicted molar refractivity (Wildman–Crippen MR) is 141 cm³/mol. The van der Waals surface area contributed by atoms with Crippen molar-refractivity contribution in [3.8, 4) is 0 Å². The molecular formula is C25H22N4O6S2. The monoisotopic (exact) mass is 538 g/mol. The average molecular weight is 539 g/mol. The number of nitrogens with zero attached hydrogens (tertiary/aromatic N) is 3. The van der Waals surface area contributed by atoms with Gasteiger partial charge in [0.2, 0.25) is 5.91 Å². The van der Waals surface area contributed by atoms with E-state index in [9.17, 15) is 24.5 Å². The zero-order valence-corrected chi connectivity index (χ0v) is 21.3. The first-order valence-corrected chi connectivity index (χ1v) is 13.3. The number of nitro groups is 1. The number of thioether (sulfide) groups is 1. The third kappa shape index (κ3) is 4.37. The largest absolute Gasteiger partial charge is 0.456 e. The van der Waals surface area contributed by atoms with E-state index in [1.54, 1.807) is 6.92 Å². The molecule has 0 radical (unpaired) electrons. The lowest BCUT2D eigenvalue weighted by Crippen LogP contribution is -2.72. The lowest BCUT2D eigenvalue weighted by molar-refractivity contribution is -0.384. The number of thiophene rings is 1. The fraction of sp³-hybridized carbons (Fsp3) is 0.240. The Morgan fingerprint density at radius 2 is 1.95 bits per heavy atom. The van der Waals surface area contributed by atoms with Crippen molar-refractivity contribution in [2.75, 3.05) is 17.2 Å². The van der Waals surface area contributed by atoms with Crippen molar-refractivity contribution in [1.82, 2.24) is 4.90 Å². The number of amides is 2. The van der Waals surface area contributed by atoms with Gasteiger partial charge in [0, 0.05) is 33.4 Å². The summed E-state index contributed by atoms with van der Waals surface area (Å²) in [5, 5.41) is 13.1. The molecule has 2 N–H and O–H groups in total. The Morgan fingerprint density at radius 1 is 1.22 bits per heavy atom. The highest BCUT2D eigenvalue weighted by atomic mass is 32.2. The number of benzene rings is 2. The Hall–Kier alpha value is -3.74. The molecule has 0 spiro atoms. The molecule has 1 unspecified atom stereocenters. The third-order valence-corrected chi connectivity index (χ3v) is 8.64. The van der Waals surface area contributed by atoms with Crippen molar-refractivity contribution in [2.45, 2.75) is 24.9 Å². The standard InChI is InChI=1S/C25H22N4O6S2/c1-14-12-37-24-22(27(20(30)10-26)18-13-36-19-5-3-2-4-17(18)19)23(31)28(24)21(14)25(32)35-11-15-6-8-16(9-7-15)29(33)34/h2-9,13,22,24H,10-12,26H2,1H3/t22?,24-/m0/s1. The van der Waals surface area contributed by atoms with Gasteiger partial charge in [0.15, 0.2) is 0 Å². The highest BCUT2D eigenvalue weighted by Crippen LogP contribution is 2.45. The molecule has 0 saturated carbocycles. The third-order valence-electron chi connectivity index (χ3n) is 6.28. The lowest BCUT2D eigenvalue weighted by atomic mass is 10.00. The van der Waals surface area contributed by atoms with E-state index in [2.05, 4.69) is 0 Å². The second-order valence-corrected chi connectivity index (χ2v) is 10.6. The number of fused-ring (bicyclic) bond motifs is 2. The van der Waals surface area contributed by atoms with Crippen LogP contribution >= 0.6 is 23.1 Å². The van der Waals surface area contributed by atoms with Gasteiger partial charge >= 0.3 is 5.97 Å². The van der Waals surface area contributed by atoms with Crippen LogP contribution in [0.25, 0.3) is 10.1 Å². The average Bonchev–Trinajstić information content (AvgIpc) is 3.33. The highest BCUT2D eigenvalue weighted by molar-refractivity contribution is 8.00. The molecule has 2 aliphatic heterocycles. The van der Waals surface area contributed by atoms with Gasteiger partial charge in [0.25, 0.3) is 11.6 Å². The number of carbonyl (C=O) groups is 3. The Balaban J connectivity index is 1.37. The van der Waals surface area contributed by atoms with Crippen molar-refractivity contribution >= 4 is 62.3 Å². The van der Waals surface area contributed by atoms with Crippen LogP contribution in [-0.4, -0.2) is 51.3 Å². The number of carbonyl (C=O) groups excluding carboxylic acids is 3. The van der Waals surface area contributed by atoms with E-state index in [1.165, 1.54) is 57.2 Å². The molecule has 1 saturated heterocycles. The van der Waals surface area contributed by atoms with Crippen LogP contribution in [0.15, 0.2) is 65.2 Å². The van der Waals surface area contributed by atoms with E-state index in [0.29, 0.717) is 22.6 Å². The highest BCUT2D eigenvalue weighted by Gasteiger charge is 2.57. The molecule has 1 fully saturated rings. The van der Waals surface area contributed by atoms with Crippen LogP contribution in [0.3, 0.4) is 0 Å². The van der Waals surface area contributed by atoms with Gasteiger partial charge in [0.1, 0.15) is 23.7 Å². The van der Waals surface area contributed by atoms with Gasteiger partial charge in [-0.1, -0.05) is 18.2 Å². The normalized spacial score (nSPS) is 18.9. The Kier molecular flexibility index (Phi) is 6.71. The molecule has 2 atom stereocenters. The smallest absolute Gasteiger partial charge is 0.355 e. The van der Waals surface area contributed by atoms with E-state index in [4.69, 9.17) is 10.5 Å². The predicted octanol–water partition coefficient (Wildman–Crippen LogP) is 3.40. The molecule has 37 heavy (non-hydrogen) atoms. The van der Waals surface area contributed by atoms with Gasteiger partial charge in [-0.15, -0.1) is 23.1 Å². The maximum Gasteiger partial charge on any atom is 0.355 e. The number of anilines is 1. The second kappa shape index (κ2) is 9.96. The van der Waals surface area contributed by atoms with Crippen LogP contribution in [0.5, 0.6) is 0 Å². The molecule has 5 rings (SSSR count). The first-order valence-electron chi connectivity index (χ1n) is 11.3. The topological polar surface area (TPSA) is 136 Å². The number of nitrogens with two attached hydrogens (primary N) is 1. The fourth-order valence-corrected chi connectivity index (χ4v) is 6.74. The maximum absolute atomic E-state index is 13.5. The van der Waals surface area contributed by atoms with Gasteiger partial charge < -0.3 is 10.5 Å². The van der Waals surface area contributed by atoms with Gasteiger partial charge in [-0.2, -0.15) is 0 Å². The van der Waals surface area contributed by atoms with Crippen LogP contribution in [0.4, 0.5) is 11.4 Å². The van der Waals surface area contributed by atoms with Gasteiger partial charge in [-0.3, -0.25) is 29.5 Å². The summed E-state index contributed by atoms with van der Waals surface area (Å²) in [5.74, 6) is -0.931. The summed E-state index contributed by atoms with van der Waals surface area (Å²) in [5.41, 5.74) is 7.74. The summed E-state index contributed by atoms with van der Waals surface area (Å²) in [4.78, 5) is 52.8. The van der Waals surface area contributed by atoms with Crippen LogP contribution in [0, 0.1) is 10.1 Å². The lowest BCUT2D eigenvalue weighted by Gasteiger charge is -2.52. The zero-order valence-electron chi connectivity index (χ0n) is 19.7. The summed E-state index contributed by atoms with van der Waals surface area (Å²) in [7, 11) is 0. The maximum atomic E-state index is 13.5. The van der Waals surface area contributed by atoms with E-state index >= 15 is 0 Å². The van der Waals surface area contributed by atoms with Crippen LogP contribution in [-0.2, 0) is 25.7 Å². The van der Waals surface area contributed by atoms with Crippen molar-refractivity contribution < 1.29 is 24.0 Å². The number of hydrogen-bond donors (Lipinski definition) is 1. The molecule has 2 aliphatic rings. The molecule has 3 heterocycles. The number of nitro benzene ring substituents is 1. The molecule has 2 aromatic carbocycles. The second-order valence-electron chi connectivity index (χ2n) is 8.57. The summed E-state index contributed by atoms with van der Waals surface area (Å²) < 4.78 is 6.45. The van der Waals surface area contributed by atoms with E-state index in [1.807, 2.05) is 29.6 Å². The molecule has 190 valence electrons. The summed E-state index contributed by atoms with van der Waals surface area (Å²) in [6.07, 6.45) is 0. The first kappa shape index (κ1) is 24.9. The Morgan fingerprint density at radius 3 is 2.65 bits per heavy atom. The number of β-lactam (4-membered cyclic amide) rings is 1. The van der Waals surface area contributed by atoms with Crippen LogP contribution in [0.1, 0.15) is 12.5 Å². The molecule has 1 aromatic heterocycles. The van der Waals surface area contributed by atoms with Gasteiger partial charge in [-0.05, 0) is 36.3 Å². The molecular weight excluding hydrogens is 516 g/mol. The quantitative estimate of drug-likeness (QED) is 0.209. The van der Waals surface area contributed by atoms with E-state index in [-0.39, 0.29) is 36.4 Å². The molecule has 3 aromatic rings. The van der Waals surface area contributed by atoms with Crippen molar-refractivity contribution in [2.24, 2.45) is 5.73 Å². The number of hydrogen-bond acceptors (Lipinski definition) is 9. The van der Waals surface area contributed by atoms with Crippen LogP contribution < -0.4 is 10.6 Å². The minimum atomic E-state index is -0.801. The number of esters is 1. The minimum absolute atomic E-state index is 0.0621. The van der Waals surface area contributed by atoms with Crippen molar-refractivity contribution in [1.29, 1.82) is 0 Å². The molecule has 10 nitrogen and oxygen atoms in total. The number of ether oxygens (including phenoxy) is 1. The van der Waals surface area contributed by atoms with Crippen LogP contribution in [0.2, 0.25) is 0 Å². The van der Waals surface area contributed by atoms with Gasteiger partial charge in [0.05, 0.1) is 17.2 Å². The minimum Gasteiger partial charge on any atom is -0.456 e.